The fourth-order valence-electron chi connectivity index (χ4n) is 2.01. The largest absolute Gasteiger partial charge is 0.411 e. The van der Waals surface area contributed by atoms with Gasteiger partial charge in [-0.1, -0.05) is 10.3 Å². The first-order valence-electron chi connectivity index (χ1n) is 6.32. The molecule has 1 aliphatic heterocycles. The zero-order chi connectivity index (χ0) is 18.8. The molecule has 2 rings (SSSR count). The summed E-state index contributed by atoms with van der Waals surface area (Å²) in [4.78, 5) is 32.6. The molecular weight excluding hydrogens is 380 g/mol. The predicted molar refractivity (Wildman–Crippen MR) is 84.5 cm³/mol. The van der Waals surface area contributed by atoms with Crippen LogP contribution in [0.25, 0.3) is 0 Å². The van der Waals surface area contributed by atoms with Gasteiger partial charge in [-0.25, -0.2) is 9.29 Å². The average Bonchev–Trinajstić information content (AvgIpc) is 2.94. The first-order chi connectivity index (χ1) is 11.7. The number of anilines is 1. The predicted octanol–water partition coefficient (Wildman–Crippen LogP) is -1.97. The van der Waals surface area contributed by atoms with E-state index >= 15 is 0 Å². The van der Waals surface area contributed by atoms with Crippen molar-refractivity contribution in [1.29, 1.82) is 0 Å². The Bertz CT molecular complexity index is 848. The SMILES string of the molecule is CO/N=C(\C(=O)N[C@@H]1C(=O)N(S(=O)(=O)O)[C@@H]1/C=N\O)c1csc(N)n1. The normalized spacial score (nSPS) is 21.3. The van der Waals surface area contributed by atoms with Crippen LogP contribution in [-0.4, -0.2) is 70.4 Å². The molecule has 0 unspecified atom stereocenters. The highest BCUT2D eigenvalue weighted by molar-refractivity contribution is 7.84. The van der Waals surface area contributed by atoms with E-state index in [9.17, 15) is 18.0 Å². The van der Waals surface area contributed by atoms with Crippen molar-refractivity contribution in [2.24, 2.45) is 10.3 Å². The van der Waals surface area contributed by atoms with E-state index in [-0.39, 0.29) is 20.8 Å². The number of oxime groups is 2. The number of aromatic nitrogens is 1. The number of carbonyl (C=O) groups is 2. The number of thiazole rings is 1. The Balaban J connectivity index is 2.23. The van der Waals surface area contributed by atoms with Gasteiger partial charge in [0.15, 0.2) is 10.8 Å². The Kier molecular flexibility index (Phi) is 5.19. The number of nitrogens with one attached hydrogen (secondary N) is 1. The molecule has 1 fully saturated rings. The van der Waals surface area contributed by atoms with Gasteiger partial charge in [-0.15, -0.1) is 11.3 Å². The third-order valence-corrected chi connectivity index (χ3v) is 4.61. The zero-order valence-corrected chi connectivity index (χ0v) is 14.1. The number of nitrogens with two attached hydrogens (primary N) is 1. The van der Waals surface area contributed by atoms with Gasteiger partial charge in [0.2, 0.25) is 0 Å². The standard InChI is InChI=1S/C10H12N6O7S2/c1-23-15-6(4-3-24-10(11)13-4)8(17)14-7-5(2-12-19)16(9(7)18)25(20,21)22/h2-3,5,7,19H,1H3,(H2,11,13)(H,14,17)(H,20,21,22)/b12-2-,15-6-/t5-,7+/m1/s1. The van der Waals surface area contributed by atoms with Crippen molar-refractivity contribution in [2.75, 3.05) is 12.8 Å². The van der Waals surface area contributed by atoms with Crippen molar-refractivity contribution < 1.29 is 32.6 Å². The van der Waals surface area contributed by atoms with Crippen molar-refractivity contribution in [1.82, 2.24) is 14.6 Å². The molecule has 0 bridgehead atoms. The lowest BCUT2D eigenvalue weighted by atomic mass is 9.99. The summed E-state index contributed by atoms with van der Waals surface area (Å²) in [6.45, 7) is 0. The Morgan fingerprint density at radius 1 is 1.60 bits per heavy atom. The second-order valence-corrected chi connectivity index (χ2v) is 6.69. The van der Waals surface area contributed by atoms with E-state index in [1.54, 1.807) is 0 Å². The third-order valence-electron chi connectivity index (χ3n) is 3.01. The van der Waals surface area contributed by atoms with E-state index in [1.165, 1.54) is 12.5 Å². The molecule has 15 heteroatoms. The molecule has 0 saturated carbocycles. The van der Waals surface area contributed by atoms with Gasteiger partial charge < -0.3 is 21.1 Å². The molecule has 136 valence electrons. The molecule has 25 heavy (non-hydrogen) atoms. The maximum atomic E-state index is 12.3. The van der Waals surface area contributed by atoms with Crippen LogP contribution >= 0.6 is 11.3 Å². The van der Waals surface area contributed by atoms with Crippen LogP contribution in [0.4, 0.5) is 5.13 Å². The summed E-state index contributed by atoms with van der Waals surface area (Å²) >= 11 is 1.04. The molecule has 1 aliphatic rings. The van der Waals surface area contributed by atoms with Crippen molar-refractivity contribution in [3.8, 4) is 0 Å². The lowest BCUT2D eigenvalue weighted by molar-refractivity contribution is -0.141. The molecule has 0 aliphatic carbocycles. The number of β-lactam (4-membered cyclic amide) rings is 1. The molecule has 5 N–H and O–H groups in total. The van der Waals surface area contributed by atoms with Gasteiger partial charge >= 0.3 is 10.3 Å². The fourth-order valence-corrected chi connectivity index (χ4v) is 3.39. The number of hydrogen-bond donors (Lipinski definition) is 4. The van der Waals surface area contributed by atoms with Gasteiger partial charge in [0.05, 0.1) is 6.21 Å². The molecule has 2 heterocycles. The van der Waals surface area contributed by atoms with Gasteiger partial charge in [0.25, 0.3) is 11.8 Å². The van der Waals surface area contributed by atoms with Crippen molar-refractivity contribution in [3.63, 3.8) is 0 Å². The molecule has 2 amide bonds. The molecule has 2 atom stereocenters. The van der Waals surface area contributed by atoms with E-state index < -0.39 is 34.2 Å². The van der Waals surface area contributed by atoms with Crippen LogP contribution in [0.5, 0.6) is 0 Å². The van der Waals surface area contributed by atoms with E-state index in [0.717, 1.165) is 11.3 Å². The molecule has 13 nitrogen and oxygen atoms in total. The summed E-state index contributed by atoms with van der Waals surface area (Å²) in [6, 6.07) is -2.83. The molecule has 0 aromatic carbocycles. The van der Waals surface area contributed by atoms with Crippen LogP contribution in [0.3, 0.4) is 0 Å². The van der Waals surface area contributed by atoms with Crippen LogP contribution < -0.4 is 11.1 Å². The Morgan fingerprint density at radius 2 is 2.28 bits per heavy atom. The topological polar surface area (TPSA) is 197 Å². The van der Waals surface area contributed by atoms with Crippen molar-refractivity contribution in [2.45, 2.75) is 12.1 Å². The van der Waals surface area contributed by atoms with Crippen molar-refractivity contribution >= 4 is 50.5 Å². The first-order valence-corrected chi connectivity index (χ1v) is 8.60. The molecule has 1 aromatic heterocycles. The Morgan fingerprint density at radius 3 is 2.76 bits per heavy atom. The van der Waals surface area contributed by atoms with Crippen LogP contribution in [0.1, 0.15) is 5.69 Å². The third kappa shape index (κ3) is 3.67. The Hall–Kier alpha value is -2.78. The van der Waals surface area contributed by atoms with E-state index in [0.29, 0.717) is 6.21 Å². The zero-order valence-electron chi connectivity index (χ0n) is 12.4. The quantitative estimate of drug-likeness (QED) is 0.139. The van der Waals surface area contributed by atoms with Gasteiger partial charge in [0, 0.05) is 5.38 Å². The van der Waals surface area contributed by atoms with E-state index in [2.05, 4.69) is 25.4 Å². The number of carbonyl (C=O) groups excluding carboxylic acids is 2. The van der Waals surface area contributed by atoms with Gasteiger partial charge in [0.1, 0.15) is 24.9 Å². The minimum absolute atomic E-state index is 0.0473. The second-order valence-electron chi connectivity index (χ2n) is 4.51. The highest BCUT2D eigenvalue weighted by Gasteiger charge is 2.53. The highest BCUT2D eigenvalue weighted by atomic mass is 32.2. The van der Waals surface area contributed by atoms with E-state index in [1.807, 2.05) is 0 Å². The van der Waals surface area contributed by atoms with Crippen LogP contribution in [-0.2, 0) is 24.7 Å². The van der Waals surface area contributed by atoms with Crippen molar-refractivity contribution in [3.05, 3.63) is 11.1 Å². The summed E-state index contributed by atoms with van der Waals surface area (Å²) in [7, 11) is -3.71. The maximum Gasteiger partial charge on any atom is 0.362 e. The van der Waals surface area contributed by atoms with Crippen LogP contribution in [0, 0.1) is 0 Å². The second kappa shape index (κ2) is 6.99. The first kappa shape index (κ1) is 18.6. The summed E-state index contributed by atoms with van der Waals surface area (Å²) in [6.07, 6.45) is 0.661. The van der Waals surface area contributed by atoms with Gasteiger partial charge in [-0.05, 0) is 0 Å². The molecule has 0 spiro atoms. The maximum absolute atomic E-state index is 12.3. The number of rotatable bonds is 6. The van der Waals surface area contributed by atoms with Crippen LogP contribution in [0.2, 0.25) is 0 Å². The summed E-state index contributed by atoms with van der Waals surface area (Å²) in [5, 5.41) is 18.5. The lowest BCUT2D eigenvalue weighted by Crippen LogP contribution is -2.72. The smallest absolute Gasteiger partial charge is 0.362 e. The number of hydrogen-bond acceptors (Lipinski definition) is 11. The number of amides is 2. The number of nitrogens with zero attached hydrogens (tertiary/aromatic N) is 4. The van der Waals surface area contributed by atoms with Crippen LogP contribution in [0.15, 0.2) is 15.7 Å². The van der Waals surface area contributed by atoms with E-state index in [4.69, 9.17) is 15.5 Å². The molecule has 0 radical (unpaired) electrons. The summed E-state index contributed by atoms with van der Waals surface area (Å²) in [5.41, 5.74) is 5.25. The lowest BCUT2D eigenvalue weighted by Gasteiger charge is -2.41. The molecule has 1 saturated heterocycles. The van der Waals surface area contributed by atoms with Gasteiger partial charge in [-0.3, -0.25) is 14.1 Å². The highest BCUT2D eigenvalue weighted by Crippen LogP contribution is 2.22. The minimum atomic E-state index is -4.89. The monoisotopic (exact) mass is 392 g/mol. The summed E-state index contributed by atoms with van der Waals surface area (Å²) < 4.78 is 31.3. The summed E-state index contributed by atoms with van der Waals surface area (Å²) in [5.74, 6) is -2.05. The molecule has 1 aromatic rings. The molecular formula is C10H12N6O7S2. The minimum Gasteiger partial charge on any atom is -0.411 e. The fraction of sp³-hybridized carbons (Fsp3) is 0.300. The number of nitrogen functional groups attached to an aromatic ring is 1. The van der Waals surface area contributed by atoms with Gasteiger partial charge in [-0.2, -0.15) is 8.42 Å². The Labute approximate surface area is 144 Å². The average molecular weight is 392 g/mol.